The molecule has 25 heavy (non-hydrogen) atoms. The van der Waals surface area contributed by atoms with Crippen LogP contribution in [0, 0.1) is 16.7 Å². The van der Waals surface area contributed by atoms with Gasteiger partial charge >= 0.3 is 0 Å². The number of nitrogens with zero attached hydrogens (tertiary/aromatic N) is 3. The molecule has 0 radical (unpaired) electrons. The summed E-state index contributed by atoms with van der Waals surface area (Å²) >= 11 is 0. The van der Waals surface area contributed by atoms with Crippen molar-refractivity contribution in [3.8, 4) is 0 Å². The summed E-state index contributed by atoms with van der Waals surface area (Å²) in [6.45, 7) is 23.2. The van der Waals surface area contributed by atoms with Crippen molar-refractivity contribution in [1.82, 2.24) is 14.7 Å². The van der Waals surface area contributed by atoms with E-state index < -0.39 is 0 Å². The summed E-state index contributed by atoms with van der Waals surface area (Å²) in [6, 6.07) is 0.867. The fourth-order valence-corrected chi connectivity index (χ4v) is 5.43. The van der Waals surface area contributed by atoms with Crippen molar-refractivity contribution in [2.75, 3.05) is 52.9 Å². The molecule has 2 aliphatic rings. The van der Waals surface area contributed by atoms with Gasteiger partial charge in [-0.05, 0) is 62.6 Å². The minimum Gasteiger partial charge on any atom is -0.306 e. The van der Waals surface area contributed by atoms with Crippen LogP contribution in [-0.4, -0.2) is 73.6 Å². The molecule has 148 valence electrons. The highest BCUT2D eigenvalue weighted by Gasteiger charge is 2.43. The third-order valence-electron chi connectivity index (χ3n) is 6.58. The average Bonchev–Trinajstić information content (AvgIpc) is 2.48. The van der Waals surface area contributed by atoms with Crippen molar-refractivity contribution >= 4 is 0 Å². The Hall–Kier alpha value is -0.120. The first kappa shape index (κ1) is 21.2. The lowest BCUT2D eigenvalue weighted by Crippen LogP contribution is -2.56. The zero-order chi connectivity index (χ0) is 18.7. The van der Waals surface area contributed by atoms with Gasteiger partial charge < -0.3 is 9.80 Å². The first-order valence-electron chi connectivity index (χ1n) is 10.8. The summed E-state index contributed by atoms with van der Waals surface area (Å²) in [7, 11) is 2.32. The summed E-state index contributed by atoms with van der Waals surface area (Å²) in [5.41, 5.74) is 1.02. The second-order valence-corrected chi connectivity index (χ2v) is 10.6. The topological polar surface area (TPSA) is 9.72 Å². The van der Waals surface area contributed by atoms with Crippen molar-refractivity contribution in [3.05, 3.63) is 0 Å². The molecular formula is C22H45N3. The first-order valence-corrected chi connectivity index (χ1v) is 10.8. The lowest BCUT2D eigenvalue weighted by atomic mass is 9.64. The molecule has 2 rings (SSSR count). The molecule has 1 aliphatic carbocycles. The standard InChI is InChI=1S/C22H45N3/c1-8-24-11-13-25(14-12-24)20-16-22(6,17-20)9-10-23(7)18-21(4,5)15-19(2)3/h19-20H,8-18H2,1-7H3. The van der Waals surface area contributed by atoms with E-state index in [1.165, 1.54) is 71.5 Å². The van der Waals surface area contributed by atoms with Crippen molar-refractivity contribution in [2.24, 2.45) is 16.7 Å². The van der Waals surface area contributed by atoms with E-state index in [0.717, 1.165) is 12.0 Å². The molecular weight excluding hydrogens is 306 g/mol. The van der Waals surface area contributed by atoms with Crippen LogP contribution >= 0.6 is 0 Å². The quantitative estimate of drug-likeness (QED) is 0.617. The largest absolute Gasteiger partial charge is 0.306 e. The van der Waals surface area contributed by atoms with Crippen LogP contribution < -0.4 is 0 Å². The summed E-state index contributed by atoms with van der Waals surface area (Å²) < 4.78 is 0. The van der Waals surface area contributed by atoms with Gasteiger partial charge in [0.15, 0.2) is 0 Å². The summed E-state index contributed by atoms with van der Waals surface area (Å²) in [6.07, 6.45) is 5.53. The molecule has 3 nitrogen and oxygen atoms in total. The number of likely N-dealkylation sites (N-methyl/N-ethyl adjacent to an activating group) is 1. The Balaban J connectivity index is 1.67. The van der Waals surface area contributed by atoms with Gasteiger partial charge in [0, 0.05) is 38.8 Å². The van der Waals surface area contributed by atoms with E-state index in [-0.39, 0.29) is 0 Å². The van der Waals surface area contributed by atoms with Gasteiger partial charge in [0.25, 0.3) is 0 Å². The summed E-state index contributed by atoms with van der Waals surface area (Å²) in [5, 5.41) is 0. The zero-order valence-corrected chi connectivity index (χ0v) is 18.3. The zero-order valence-electron chi connectivity index (χ0n) is 18.3. The minimum atomic E-state index is 0.435. The molecule has 0 spiro atoms. The summed E-state index contributed by atoms with van der Waals surface area (Å²) in [5.74, 6) is 0.793. The molecule has 0 bridgehead atoms. The van der Waals surface area contributed by atoms with E-state index in [2.05, 4.69) is 63.3 Å². The molecule has 2 fully saturated rings. The van der Waals surface area contributed by atoms with E-state index in [0.29, 0.717) is 10.8 Å². The smallest absolute Gasteiger partial charge is 0.0113 e. The second kappa shape index (κ2) is 8.71. The Morgan fingerprint density at radius 3 is 2.24 bits per heavy atom. The molecule has 0 unspecified atom stereocenters. The highest BCUT2D eigenvalue weighted by atomic mass is 15.3. The van der Waals surface area contributed by atoms with Gasteiger partial charge in [-0.25, -0.2) is 0 Å². The maximum atomic E-state index is 2.77. The lowest BCUT2D eigenvalue weighted by molar-refractivity contribution is -0.0201. The number of rotatable bonds is 9. The fraction of sp³-hybridized carbons (Fsp3) is 1.00. The summed E-state index contributed by atoms with van der Waals surface area (Å²) in [4.78, 5) is 7.94. The van der Waals surface area contributed by atoms with E-state index in [4.69, 9.17) is 0 Å². The Morgan fingerprint density at radius 1 is 1.12 bits per heavy atom. The monoisotopic (exact) mass is 351 g/mol. The van der Waals surface area contributed by atoms with Gasteiger partial charge in [0.05, 0.1) is 0 Å². The molecule has 0 aromatic carbocycles. The van der Waals surface area contributed by atoms with Gasteiger partial charge in [0.2, 0.25) is 0 Å². The van der Waals surface area contributed by atoms with Crippen LogP contribution in [0.1, 0.15) is 67.2 Å². The molecule has 3 heteroatoms. The van der Waals surface area contributed by atoms with Crippen molar-refractivity contribution < 1.29 is 0 Å². The molecule has 0 N–H and O–H groups in total. The molecule has 1 heterocycles. The minimum absolute atomic E-state index is 0.435. The molecule has 0 atom stereocenters. The van der Waals surface area contributed by atoms with Crippen LogP contribution in [-0.2, 0) is 0 Å². The Labute approximate surface area is 158 Å². The molecule has 1 saturated heterocycles. The van der Waals surface area contributed by atoms with E-state index in [1.807, 2.05) is 0 Å². The Bertz CT molecular complexity index is 390. The fourth-order valence-electron chi connectivity index (χ4n) is 5.43. The van der Waals surface area contributed by atoms with Crippen LogP contribution in [0.3, 0.4) is 0 Å². The maximum absolute atomic E-state index is 2.77. The number of hydrogen-bond donors (Lipinski definition) is 0. The van der Waals surface area contributed by atoms with Crippen molar-refractivity contribution in [3.63, 3.8) is 0 Å². The molecule has 0 aromatic heterocycles. The van der Waals surface area contributed by atoms with Gasteiger partial charge in [-0.1, -0.05) is 41.5 Å². The molecule has 0 aromatic rings. The van der Waals surface area contributed by atoms with Crippen LogP contribution in [0.2, 0.25) is 0 Å². The van der Waals surface area contributed by atoms with Gasteiger partial charge in [0.1, 0.15) is 0 Å². The normalized spacial score (nSPS) is 29.4. The SMILES string of the molecule is CCN1CCN(C2CC(C)(CCN(C)CC(C)(C)CC(C)C)C2)CC1. The van der Waals surface area contributed by atoms with Crippen LogP contribution in [0.25, 0.3) is 0 Å². The predicted molar refractivity (Wildman–Crippen MR) is 110 cm³/mol. The highest BCUT2D eigenvalue weighted by Crippen LogP contribution is 2.46. The van der Waals surface area contributed by atoms with E-state index in [1.54, 1.807) is 0 Å². The van der Waals surface area contributed by atoms with Crippen molar-refractivity contribution in [1.29, 1.82) is 0 Å². The van der Waals surface area contributed by atoms with Crippen LogP contribution in [0.15, 0.2) is 0 Å². The van der Waals surface area contributed by atoms with E-state index in [9.17, 15) is 0 Å². The first-order chi connectivity index (χ1) is 11.6. The van der Waals surface area contributed by atoms with Gasteiger partial charge in [-0.2, -0.15) is 0 Å². The van der Waals surface area contributed by atoms with Gasteiger partial charge in [-0.3, -0.25) is 4.90 Å². The highest BCUT2D eigenvalue weighted by molar-refractivity contribution is 4.97. The van der Waals surface area contributed by atoms with E-state index >= 15 is 0 Å². The Kier molecular flexibility index (Phi) is 7.38. The third kappa shape index (κ3) is 6.52. The molecule has 1 aliphatic heterocycles. The maximum Gasteiger partial charge on any atom is 0.0113 e. The number of piperazine rings is 1. The number of hydrogen-bond acceptors (Lipinski definition) is 3. The third-order valence-corrected chi connectivity index (χ3v) is 6.58. The van der Waals surface area contributed by atoms with Crippen LogP contribution in [0.5, 0.6) is 0 Å². The van der Waals surface area contributed by atoms with Gasteiger partial charge in [-0.15, -0.1) is 0 Å². The second-order valence-electron chi connectivity index (χ2n) is 10.6. The van der Waals surface area contributed by atoms with Crippen molar-refractivity contribution in [2.45, 2.75) is 73.3 Å². The van der Waals surface area contributed by atoms with Crippen LogP contribution in [0.4, 0.5) is 0 Å². The Morgan fingerprint density at radius 2 is 1.72 bits per heavy atom. The predicted octanol–water partition coefficient (Wildman–Crippen LogP) is 4.19. The molecule has 1 saturated carbocycles. The lowest BCUT2D eigenvalue weighted by Gasteiger charge is -2.52. The molecule has 0 amide bonds. The average molecular weight is 352 g/mol.